The van der Waals surface area contributed by atoms with Crippen molar-refractivity contribution in [2.75, 3.05) is 19.8 Å². The Morgan fingerprint density at radius 3 is 2.75 bits per heavy atom. The van der Waals surface area contributed by atoms with Crippen molar-refractivity contribution in [2.45, 2.75) is 46.3 Å². The molecule has 1 rings (SSSR count). The Balaban J connectivity index is 2.43. The highest BCUT2D eigenvalue weighted by Gasteiger charge is 2.35. The van der Waals surface area contributed by atoms with Gasteiger partial charge in [0.05, 0.1) is 18.8 Å². The summed E-state index contributed by atoms with van der Waals surface area (Å²) in [7, 11) is 0. The van der Waals surface area contributed by atoms with E-state index in [4.69, 9.17) is 4.74 Å². The monoisotopic (exact) mass is 228 g/mol. The Bertz CT molecular complexity index is 231. The van der Waals surface area contributed by atoms with E-state index >= 15 is 0 Å². The molecular formula is C12H24N2O2. The van der Waals surface area contributed by atoms with E-state index in [0.717, 1.165) is 6.42 Å². The fourth-order valence-electron chi connectivity index (χ4n) is 2.09. The predicted molar refractivity (Wildman–Crippen MR) is 64.0 cm³/mol. The zero-order valence-corrected chi connectivity index (χ0v) is 10.8. The average molecular weight is 228 g/mol. The van der Waals surface area contributed by atoms with E-state index in [1.165, 1.54) is 0 Å². The summed E-state index contributed by atoms with van der Waals surface area (Å²) in [5, 5.41) is 3.33. The van der Waals surface area contributed by atoms with Crippen LogP contribution in [-0.2, 0) is 9.53 Å². The standard InChI is InChI=1S/C12H24N2O2/c1-5-16-7-6-14-10(4)13-11(12(14)15)8-9(2)3/h9-11,13H,5-8H2,1-4H3. The van der Waals surface area contributed by atoms with Gasteiger partial charge in [-0.1, -0.05) is 13.8 Å². The quantitative estimate of drug-likeness (QED) is 0.695. The second-order valence-electron chi connectivity index (χ2n) is 4.75. The molecule has 0 aromatic carbocycles. The van der Waals surface area contributed by atoms with Gasteiger partial charge in [0, 0.05) is 13.2 Å². The van der Waals surface area contributed by atoms with Crippen LogP contribution in [0.5, 0.6) is 0 Å². The number of nitrogens with zero attached hydrogens (tertiary/aromatic N) is 1. The first-order valence-electron chi connectivity index (χ1n) is 6.20. The maximum Gasteiger partial charge on any atom is 0.241 e. The van der Waals surface area contributed by atoms with Crippen LogP contribution >= 0.6 is 0 Å². The number of hydrogen-bond donors (Lipinski definition) is 1. The first kappa shape index (κ1) is 13.5. The molecule has 16 heavy (non-hydrogen) atoms. The third kappa shape index (κ3) is 3.46. The van der Waals surface area contributed by atoms with Crippen molar-refractivity contribution in [1.82, 2.24) is 10.2 Å². The van der Waals surface area contributed by atoms with Gasteiger partial charge in [0.1, 0.15) is 0 Å². The Labute approximate surface area is 98.3 Å². The molecule has 0 bridgehead atoms. The normalized spacial score (nSPS) is 25.8. The van der Waals surface area contributed by atoms with Crippen molar-refractivity contribution in [1.29, 1.82) is 0 Å². The lowest BCUT2D eigenvalue weighted by atomic mass is 10.0. The second-order valence-corrected chi connectivity index (χ2v) is 4.75. The van der Waals surface area contributed by atoms with Gasteiger partial charge in [-0.3, -0.25) is 10.1 Å². The second kappa shape index (κ2) is 6.21. The smallest absolute Gasteiger partial charge is 0.241 e. The lowest BCUT2D eigenvalue weighted by molar-refractivity contribution is -0.130. The van der Waals surface area contributed by atoms with Crippen molar-refractivity contribution in [3.8, 4) is 0 Å². The van der Waals surface area contributed by atoms with E-state index in [2.05, 4.69) is 19.2 Å². The van der Waals surface area contributed by atoms with Gasteiger partial charge >= 0.3 is 0 Å². The lowest BCUT2D eigenvalue weighted by Crippen LogP contribution is -2.37. The van der Waals surface area contributed by atoms with Crippen LogP contribution in [0.1, 0.15) is 34.1 Å². The number of ether oxygens (including phenoxy) is 1. The molecule has 0 spiro atoms. The molecule has 1 N–H and O–H groups in total. The molecule has 1 saturated heterocycles. The molecule has 1 aliphatic heterocycles. The van der Waals surface area contributed by atoms with Gasteiger partial charge in [0.15, 0.2) is 0 Å². The highest BCUT2D eigenvalue weighted by atomic mass is 16.5. The van der Waals surface area contributed by atoms with E-state index in [1.54, 1.807) is 0 Å². The predicted octanol–water partition coefficient (Wildman–Crippen LogP) is 1.22. The highest BCUT2D eigenvalue weighted by molar-refractivity contribution is 5.84. The van der Waals surface area contributed by atoms with Crippen LogP contribution in [0.15, 0.2) is 0 Å². The summed E-state index contributed by atoms with van der Waals surface area (Å²) >= 11 is 0. The van der Waals surface area contributed by atoms with Crippen LogP contribution in [0.4, 0.5) is 0 Å². The van der Waals surface area contributed by atoms with Gasteiger partial charge in [-0.05, 0) is 26.2 Å². The van der Waals surface area contributed by atoms with E-state index < -0.39 is 0 Å². The molecule has 0 aromatic rings. The molecular weight excluding hydrogens is 204 g/mol. The summed E-state index contributed by atoms with van der Waals surface area (Å²) in [6.45, 7) is 10.3. The molecule has 0 saturated carbocycles. The van der Waals surface area contributed by atoms with E-state index in [-0.39, 0.29) is 18.1 Å². The molecule has 1 fully saturated rings. The number of rotatable bonds is 6. The SMILES string of the molecule is CCOCCN1C(=O)C(CC(C)C)NC1C. The van der Waals surface area contributed by atoms with Crippen LogP contribution in [0, 0.1) is 5.92 Å². The van der Waals surface area contributed by atoms with Gasteiger partial charge in [-0.2, -0.15) is 0 Å². The Morgan fingerprint density at radius 1 is 1.50 bits per heavy atom. The Hall–Kier alpha value is -0.610. The van der Waals surface area contributed by atoms with Crippen LogP contribution < -0.4 is 5.32 Å². The minimum absolute atomic E-state index is 0.00312. The molecule has 1 heterocycles. The van der Waals surface area contributed by atoms with Crippen molar-refractivity contribution in [3.63, 3.8) is 0 Å². The summed E-state index contributed by atoms with van der Waals surface area (Å²) in [6.07, 6.45) is 1.05. The van der Waals surface area contributed by atoms with Crippen molar-refractivity contribution >= 4 is 5.91 Å². The largest absolute Gasteiger partial charge is 0.380 e. The maximum atomic E-state index is 12.1. The van der Waals surface area contributed by atoms with Crippen molar-refractivity contribution in [2.24, 2.45) is 5.92 Å². The molecule has 94 valence electrons. The van der Waals surface area contributed by atoms with Crippen LogP contribution in [0.25, 0.3) is 0 Å². The Kier molecular flexibility index (Phi) is 5.22. The van der Waals surface area contributed by atoms with Gasteiger partial charge in [0.25, 0.3) is 0 Å². The minimum atomic E-state index is -0.00312. The molecule has 2 atom stereocenters. The fraction of sp³-hybridized carbons (Fsp3) is 0.917. The zero-order chi connectivity index (χ0) is 12.1. The van der Waals surface area contributed by atoms with E-state index in [1.807, 2.05) is 18.7 Å². The minimum Gasteiger partial charge on any atom is -0.380 e. The molecule has 0 radical (unpaired) electrons. The molecule has 0 aliphatic carbocycles. The van der Waals surface area contributed by atoms with E-state index in [9.17, 15) is 4.79 Å². The van der Waals surface area contributed by atoms with Crippen LogP contribution in [0.2, 0.25) is 0 Å². The van der Waals surface area contributed by atoms with E-state index in [0.29, 0.717) is 25.7 Å². The molecule has 1 aliphatic rings. The third-order valence-corrected chi connectivity index (χ3v) is 2.88. The Morgan fingerprint density at radius 2 is 2.19 bits per heavy atom. The van der Waals surface area contributed by atoms with Gasteiger partial charge in [0.2, 0.25) is 5.91 Å². The molecule has 2 unspecified atom stereocenters. The summed E-state index contributed by atoms with van der Waals surface area (Å²) < 4.78 is 5.29. The van der Waals surface area contributed by atoms with Gasteiger partial charge in [-0.25, -0.2) is 0 Å². The molecule has 1 amide bonds. The molecule has 4 nitrogen and oxygen atoms in total. The first-order valence-corrected chi connectivity index (χ1v) is 6.20. The molecule has 4 heteroatoms. The van der Waals surface area contributed by atoms with Gasteiger partial charge in [-0.15, -0.1) is 0 Å². The molecule has 0 aromatic heterocycles. The van der Waals surface area contributed by atoms with Crippen molar-refractivity contribution in [3.05, 3.63) is 0 Å². The van der Waals surface area contributed by atoms with Crippen LogP contribution in [0.3, 0.4) is 0 Å². The number of carbonyl (C=O) groups excluding carboxylic acids is 1. The summed E-state index contributed by atoms with van der Waals surface area (Å²) in [4.78, 5) is 13.9. The summed E-state index contributed by atoms with van der Waals surface area (Å²) in [6, 6.07) is -0.00312. The topological polar surface area (TPSA) is 41.6 Å². The fourth-order valence-corrected chi connectivity index (χ4v) is 2.09. The number of amides is 1. The first-order chi connectivity index (χ1) is 7.56. The van der Waals surface area contributed by atoms with Crippen molar-refractivity contribution < 1.29 is 9.53 Å². The average Bonchev–Trinajstić information content (AvgIpc) is 2.45. The lowest BCUT2D eigenvalue weighted by Gasteiger charge is -2.20. The number of carbonyl (C=O) groups is 1. The zero-order valence-electron chi connectivity index (χ0n) is 10.8. The number of nitrogens with one attached hydrogen (secondary N) is 1. The summed E-state index contributed by atoms with van der Waals surface area (Å²) in [5.74, 6) is 0.765. The highest BCUT2D eigenvalue weighted by Crippen LogP contribution is 2.16. The third-order valence-electron chi connectivity index (χ3n) is 2.88. The summed E-state index contributed by atoms with van der Waals surface area (Å²) in [5.41, 5.74) is 0. The van der Waals surface area contributed by atoms with Gasteiger partial charge < -0.3 is 9.64 Å². The maximum absolute atomic E-state index is 12.1. The van der Waals surface area contributed by atoms with Crippen LogP contribution in [-0.4, -0.2) is 42.8 Å². The number of hydrogen-bond acceptors (Lipinski definition) is 3.